The van der Waals surface area contributed by atoms with Gasteiger partial charge in [0.15, 0.2) is 9.84 Å². The Bertz CT molecular complexity index is 693. The minimum absolute atomic E-state index is 0.0459. The van der Waals surface area contributed by atoms with Gasteiger partial charge in [-0.1, -0.05) is 11.6 Å². The van der Waals surface area contributed by atoms with Crippen molar-refractivity contribution in [2.24, 2.45) is 0 Å². The van der Waals surface area contributed by atoms with Crippen molar-refractivity contribution in [2.45, 2.75) is 31.2 Å². The summed E-state index contributed by atoms with van der Waals surface area (Å²) in [5.41, 5.74) is -0.278. The molecule has 0 aliphatic rings. The largest absolute Gasteiger partial charge is 0.350 e. The number of carbonyl (C=O) groups excluding carboxylic acids is 2. The Kier molecular flexibility index (Phi) is 5.59. The molecule has 2 amide bonds. The lowest BCUT2D eigenvalue weighted by molar-refractivity contribution is -0.121. The maximum atomic E-state index is 12.0. The molecule has 122 valence electrons. The van der Waals surface area contributed by atoms with Gasteiger partial charge in [0, 0.05) is 17.4 Å². The van der Waals surface area contributed by atoms with Crippen LogP contribution in [0.25, 0.3) is 0 Å². The summed E-state index contributed by atoms with van der Waals surface area (Å²) >= 11 is 5.81. The van der Waals surface area contributed by atoms with E-state index in [0.29, 0.717) is 0 Å². The first-order chi connectivity index (χ1) is 9.90. The quantitative estimate of drug-likeness (QED) is 0.861. The Morgan fingerprint density at radius 2 is 1.82 bits per heavy atom. The minimum atomic E-state index is -3.54. The van der Waals surface area contributed by atoms with Crippen LogP contribution >= 0.6 is 11.6 Å². The average Bonchev–Trinajstić information content (AvgIpc) is 2.33. The molecule has 0 aliphatic carbocycles. The van der Waals surface area contributed by atoms with Crippen LogP contribution in [-0.2, 0) is 14.6 Å². The average molecular weight is 347 g/mol. The summed E-state index contributed by atoms with van der Waals surface area (Å²) in [6, 6.07) is 3.92. The van der Waals surface area contributed by atoms with Crippen molar-refractivity contribution in [1.82, 2.24) is 10.6 Å². The fraction of sp³-hybridized carbons (Fsp3) is 0.429. The van der Waals surface area contributed by atoms with E-state index in [9.17, 15) is 18.0 Å². The van der Waals surface area contributed by atoms with Crippen LogP contribution in [0.15, 0.2) is 23.1 Å². The molecule has 1 aromatic rings. The number of hydrogen-bond donors (Lipinski definition) is 2. The van der Waals surface area contributed by atoms with Crippen molar-refractivity contribution >= 4 is 33.3 Å². The second kappa shape index (κ2) is 6.66. The standard InChI is InChI=1S/C14H19ClN2O4S/c1-14(2,3)17-12(18)8-16-13(19)9-5-6-10(15)11(7-9)22(4,20)21/h5-7H,8H2,1-4H3,(H,16,19)(H,17,18). The first-order valence-corrected chi connectivity index (χ1v) is 8.76. The zero-order valence-corrected chi connectivity index (χ0v) is 14.4. The Hall–Kier alpha value is -1.60. The van der Waals surface area contributed by atoms with Gasteiger partial charge >= 0.3 is 0 Å². The van der Waals surface area contributed by atoms with E-state index in [2.05, 4.69) is 10.6 Å². The van der Waals surface area contributed by atoms with Crippen LogP contribution in [0, 0.1) is 0 Å². The highest BCUT2D eigenvalue weighted by Gasteiger charge is 2.17. The molecule has 1 rings (SSSR count). The molecule has 0 unspecified atom stereocenters. The maximum absolute atomic E-state index is 12.0. The predicted octanol–water partition coefficient (Wildman–Crippen LogP) is 1.39. The van der Waals surface area contributed by atoms with Gasteiger partial charge in [0.05, 0.1) is 16.5 Å². The van der Waals surface area contributed by atoms with Gasteiger partial charge in [0.1, 0.15) is 0 Å². The fourth-order valence-corrected chi connectivity index (χ4v) is 2.96. The number of nitrogens with one attached hydrogen (secondary N) is 2. The molecule has 22 heavy (non-hydrogen) atoms. The summed E-state index contributed by atoms with van der Waals surface area (Å²) in [6.45, 7) is 5.27. The third-order valence-corrected chi connectivity index (χ3v) is 4.10. The first kappa shape index (κ1) is 18.4. The van der Waals surface area contributed by atoms with E-state index in [1.165, 1.54) is 18.2 Å². The van der Waals surface area contributed by atoms with E-state index < -0.39 is 21.3 Å². The number of sulfone groups is 1. The molecule has 6 nitrogen and oxygen atoms in total. The molecule has 0 aliphatic heterocycles. The highest BCUT2D eigenvalue weighted by molar-refractivity contribution is 7.90. The number of amides is 2. The highest BCUT2D eigenvalue weighted by atomic mass is 35.5. The molecule has 0 atom stereocenters. The number of carbonyl (C=O) groups is 2. The lowest BCUT2D eigenvalue weighted by atomic mass is 10.1. The van der Waals surface area contributed by atoms with Crippen LogP contribution in [0.4, 0.5) is 0 Å². The number of hydrogen-bond acceptors (Lipinski definition) is 4. The second-order valence-corrected chi connectivity index (χ2v) is 8.29. The van der Waals surface area contributed by atoms with Gasteiger partial charge in [0.25, 0.3) is 5.91 Å². The molecule has 0 spiro atoms. The van der Waals surface area contributed by atoms with E-state index in [-0.39, 0.29) is 27.9 Å². The molecule has 1 aromatic carbocycles. The molecular weight excluding hydrogens is 328 g/mol. The van der Waals surface area contributed by atoms with Gasteiger partial charge in [-0.2, -0.15) is 0 Å². The minimum Gasteiger partial charge on any atom is -0.350 e. The monoisotopic (exact) mass is 346 g/mol. The molecule has 8 heteroatoms. The third-order valence-electron chi connectivity index (χ3n) is 2.52. The van der Waals surface area contributed by atoms with Crippen LogP contribution in [0.3, 0.4) is 0 Å². The van der Waals surface area contributed by atoms with Crippen LogP contribution in [0.1, 0.15) is 31.1 Å². The van der Waals surface area contributed by atoms with Crippen LogP contribution in [0.5, 0.6) is 0 Å². The summed E-state index contributed by atoms with van der Waals surface area (Å²) < 4.78 is 23.1. The van der Waals surface area contributed by atoms with Gasteiger partial charge in [-0.05, 0) is 39.0 Å². The number of benzene rings is 1. The second-order valence-electron chi connectivity index (χ2n) is 5.90. The van der Waals surface area contributed by atoms with Crippen molar-refractivity contribution in [3.63, 3.8) is 0 Å². The van der Waals surface area contributed by atoms with E-state index >= 15 is 0 Å². The van der Waals surface area contributed by atoms with Gasteiger partial charge in [0.2, 0.25) is 5.91 Å². The van der Waals surface area contributed by atoms with Gasteiger partial charge in [-0.25, -0.2) is 8.42 Å². The SMILES string of the molecule is CC(C)(C)NC(=O)CNC(=O)c1ccc(Cl)c(S(C)(=O)=O)c1. The Morgan fingerprint density at radius 3 is 2.32 bits per heavy atom. The van der Waals surface area contributed by atoms with Crippen molar-refractivity contribution < 1.29 is 18.0 Å². The molecule has 2 N–H and O–H groups in total. The van der Waals surface area contributed by atoms with Crippen molar-refractivity contribution in [1.29, 1.82) is 0 Å². The normalized spacial score (nSPS) is 11.9. The smallest absolute Gasteiger partial charge is 0.251 e. The Labute approximate surface area is 135 Å². The van der Waals surface area contributed by atoms with E-state index in [1.807, 2.05) is 20.8 Å². The predicted molar refractivity (Wildman–Crippen MR) is 84.8 cm³/mol. The van der Waals surface area contributed by atoms with Gasteiger partial charge in [-0.3, -0.25) is 9.59 Å². The van der Waals surface area contributed by atoms with E-state index in [1.54, 1.807) is 0 Å². The van der Waals surface area contributed by atoms with Crippen molar-refractivity contribution in [2.75, 3.05) is 12.8 Å². The summed E-state index contributed by atoms with van der Waals surface area (Å²) in [6.07, 6.45) is 1.01. The highest BCUT2D eigenvalue weighted by Crippen LogP contribution is 2.22. The van der Waals surface area contributed by atoms with E-state index in [4.69, 9.17) is 11.6 Å². The summed E-state index contributed by atoms with van der Waals surface area (Å²) in [7, 11) is -3.54. The molecule has 0 saturated carbocycles. The third kappa shape index (κ3) is 5.65. The van der Waals surface area contributed by atoms with Crippen LogP contribution in [-0.4, -0.2) is 38.6 Å². The lowest BCUT2D eigenvalue weighted by Crippen LogP contribution is -2.45. The van der Waals surface area contributed by atoms with Gasteiger partial charge in [-0.15, -0.1) is 0 Å². The Balaban J connectivity index is 2.81. The molecule has 0 radical (unpaired) electrons. The Morgan fingerprint density at radius 1 is 1.23 bits per heavy atom. The zero-order chi connectivity index (χ0) is 17.1. The zero-order valence-electron chi connectivity index (χ0n) is 12.9. The number of rotatable bonds is 4. The number of halogens is 1. The van der Waals surface area contributed by atoms with E-state index in [0.717, 1.165) is 6.26 Å². The fourth-order valence-electron chi connectivity index (χ4n) is 1.65. The molecule has 0 fully saturated rings. The van der Waals surface area contributed by atoms with Crippen molar-refractivity contribution in [3.05, 3.63) is 28.8 Å². The van der Waals surface area contributed by atoms with Crippen molar-refractivity contribution in [3.8, 4) is 0 Å². The molecular formula is C14H19ClN2O4S. The first-order valence-electron chi connectivity index (χ1n) is 6.49. The lowest BCUT2D eigenvalue weighted by Gasteiger charge is -2.20. The molecule has 0 aromatic heterocycles. The molecule has 0 saturated heterocycles. The summed E-state index contributed by atoms with van der Waals surface area (Å²) in [5, 5.41) is 5.18. The molecule has 0 bridgehead atoms. The van der Waals surface area contributed by atoms with Gasteiger partial charge < -0.3 is 10.6 Å². The molecule has 0 heterocycles. The van der Waals surface area contributed by atoms with Crippen LogP contribution < -0.4 is 10.6 Å². The summed E-state index contributed by atoms with van der Waals surface area (Å²) in [4.78, 5) is 23.5. The van der Waals surface area contributed by atoms with Crippen LogP contribution in [0.2, 0.25) is 5.02 Å². The topological polar surface area (TPSA) is 92.3 Å². The maximum Gasteiger partial charge on any atom is 0.251 e. The summed E-state index contributed by atoms with van der Waals surface area (Å²) in [5.74, 6) is -0.885.